The molecular weight excluding hydrogens is 395 g/mol. The molecule has 0 saturated carbocycles. The van der Waals surface area contributed by atoms with Crippen molar-refractivity contribution >= 4 is 40.8 Å². The summed E-state index contributed by atoms with van der Waals surface area (Å²) in [6, 6.07) is 5.19. The van der Waals surface area contributed by atoms with Gasteiger partial charge in [0.15, 0.2) is 5.03 Å². The van der Waals surface area contributed by atoms with Crippen molar-refractivity contribution in [1.82, 2.24) is 9.97 Å². The van der Waals surface area contributed by atoms with Gasteiger partial charge in [0.2, 0.25) is 0 Å². The number of anilines is 1. The molecule has 2 heterocycles. The van der Waals surface area contributed by atoms with Crippen LogP contribution in [0.5, 0.6) is 0 Å². The van der Waals surface area contributed by atoms with Crippen LogP contribution in [-0.2, 0) is 6.61 Å². The van der Waals surface area contributed by atoms with Crippen LogP contribution in [0.3, 0.4) is 0 Å². The van der Waals surface area contributed by atoms with E-state index in [0.717, 1.165) is 24.6 Å². The summed E-state index contributed by atoms with van der Waals surface area (Å²) in [7, 11) is 0. The first-order valence-electron chi connectivity index (χ1n) is 8.20. The topological polar surface area (TPSA) is 95.2 Å². The minimum atomic E-state index is -0.334. The minimum Gasteiger partial charge on any atom is -0.390 e. The standard InChI is InChI=1S/C17H20Cl2N4O2S/c1-17(20)5-7-23(8-6-17)14-11(9-24)21-16(15(25)22-14)26-12-4-2-3-10(18)13(12)19/h2-4,24H,5-9,20H2,1H3,(H,22,25). The molecule has 2 aromatic rings. The number of aliphatic hydroxyl groups excluding tert-OH is 1. The van der Waals surface area contributed by atoms with Gasteiger partial charge in [-0.15, -0.1) is 0 Å². The molecule has 140 valence electrons. The monoisotopic (exact) mass is 414 g/mol. The van der Waals surface area contributed by atoms with Crippen molar-refractivity contribution in [3.63, 3.8) is 0 Å². The van der Waals surface area contributed by atoms with Gasteiger partial charge < -0.3 is 20.7 Å². The number of hydrogen-bond donors (Lipinski definition) is 3. The first-order valence-corrected chi connectivity index (χ1v) is 9.78. The van der Waals surface area contributed by atoms with Gasteiger partial charge in [0.05, 0.1) is 16.7 Å². The third kappa shape index (κ3) is 4.18. The molecule has 0 atom stereocenters. The number of aromatic nitrogens is 2. The van der Waals surface area contributed by atoms with Gasteiger partial charge in [-0.05, 0) is 31.9 Å². The number of nitrogens with one attached hydrogen (secondary N) is 1. The lowest BCUT2D eigenvalue weighted by Crippen LogP contribution is -2.49. The van der Waals surface area contributed by atoms with Crippen molar-refractivity contribution < 1.29 is 5.11 Å². The van der Waals surface area contributed by atoms with Gasteiger partial charge in [0.25, 0.3) is 5.56 Å². The molecular formula is C17H20Cl2N4O2S. The van der Waals surface area contributed by atoms with Gasteiger partial charge >= 0.3 is 0 Å². The van der Waals surface area contributed by atoms with E-state index in [1.807, 2.05) is 11.8 Å². The second-order valence-corrected chi connectivity index (χ2v) is 8.44. The quantitative estimate of drug-likeness (QED) is 0.711. The van der Waals surface area contributed by atoms with Crippen LogP contribution in [0, 0.1) is 0 Å². The third-order valence-electron chi connectivity index (χ3n) is 4.43. The van der Waals surface area contributed by atoms with Crippen molar-refractivity contribution in [3.05, 3.63) is 44.3 Å². The van der Waals surface area contributed by atoms with Gasteiger partial charge in [-0.3, -0.25) is 4.79 Å². The Kier molecular flexibility index (Phi) is 5.84. The zero-order chi connectivity index (χ0) is 18.9. The molecule has 26 heavy (non-hydrogen) atoms. The first-order chi connectivity index (χ1) is 12.3. The van der Waals surface area contributed by atoms with Gasteiger partial charge in [-0.25, -0.2) is 4.98 Å². The zero-order valence-corrected chi connectivity index (χ0v) is 16.6. The van der Waals surface area contributed by atoms with Gasteiger partial charge in [-0.2, -0.15) is 0 Å². The molecule has 0 unspecified atom stereocenters. The van der Waals surface area contributed by atoms with E-state index in [0.29, 0.717) is 39.5 Å². The molecule has 0 amide bonds. The number of hydrogen-bond acceptors (Lipinski definition) is 6. The molecule has 9 heteroatoms. The van der Waals surface area contributed by atoms with Crippen LogP contribution in [0.25, 0.3) is 0 Å². The van der Waals surface area contributed by atoms with E-state index in [9.17, 15) is 9.90 Å². The molecule has 1 aliphatic rings. The summed E-state index contributed by atoms with van der Waals surface area (Å²) in [5.74, 6) is 0.551. The molecule has 0 bridgehead atoms. The summed E-state index contributed by atoms with van der Waals surface area (Å²) in [5, 5.41) is 10.7. The number of rotatable bonds is 4. The summed E-state index contributed by atoms with van der Waals surface area (Å²) in [4.78, 5) is 22.4. The lowest BCUT2D eigenvalue weighted by atomic mass is 9.91. The molecule has 1 saturated heterocycles. The number of benzene rings is 1. The molecule has 0 radical (unpaired) electrons. The highest BCUT2D eigenvalue weighted by Gasteiger charge is 2.28. The van der Waals surface area contributed by atoms with Crippen molar-refractivity contribution in [2.75, 3.05) is 18.0 Å². The Bertz CT molecular complexity index is 862. The molecule has 1 aromatic heterocycles. The maximum Gasteiger partial charge on any atom is 0.282 e. The highest BCUT2D eigenvalue weighted by Crippen LogP contribution is 2.35. The van der Waals surface area contributed by atoms with E-state index >= 15 is 0 Å². The Hall–Kier alpha value is -1.25. The van der Waals surface area contributed by atoms with E-state index < -0.39 is 0 Å². The van der Waals surface area contributed by atoms with Crippen molar-refractivity contribution in [2.45, 2.75) is 41.8 Å². The smallest absolute Gasteiger partial charge is 0.282 e. The van der Waals surface area contributed by atoms with Crippen molar-refractivity contribution in [2.24, 2.45) is 5.73 Å². The number of aromatic amines is 1. The Balaban J connectivity index is 1.90. The maximum atomic E-state index is 12.5. The summed E-state index contributed by atoms with van der Waals surface area (Å²) >= 11 is 13.3. The fraction of sp³-hybridized carbons (Fsp3) is 0.412. The first kappa shape index (κ1) is 19.5. The largest absolute Gasteiger partial charge is 0.390 e. The summed E-state index contributed by atoms with van der Waals surface area (Å²) in [5.41, 5.74) is 6.05. The molecule has 1 aliphatic heterocycles. The van der Waals surface area contributed by atoms with Crippen LogP contribution < -0.4 is 16.2 Å². The molecule has 0 spiro atoms. The Morgan fingerprint density at radius 2 is 2.08 bits per heavy atom. The minimum absolute atomic E-state index is 0.206. The van der Waals surface area contributed by atoms with Gasteiger partial charge in [0.1, 0.15) is 11.5 Å². The van der Waals surface area contributed by atoms with E-state index in [-0.39, 0.29) is 22.7 Å². The van der Waals surface area contributed by atoms with Gasteiger partial charge in [-0.1, -0.05) is 41.0 Å². The third-order valence-corrected chi connectivity index (χ3v) is 6.39. The molecule has 1 aromatic carbocycles. The highest BCUT2D eigenvalue weighted by atomic mass is 35.5. The van der Waals surface area contributed by atoms with E-state index in [4.69, 9.17) is 28.9 Å². The zero-order valence-electron chi connectivity index (χ0n) is 14.3. The summed E-state index contributed by atoms with van der Waals surface area (Å²) in [6.07, 6.45) is 1.60. The van der Waals surface area contributed by atoms with Crippen LogP contribution in [0.4, 0.5) is 5.82 Å². The average molecular weight is 415 g/mol. The predicted molar refractivity (Wildman–Crippen MR) is 105 cm³/mol. The SMILES string of the molecule is CC1(N)CCN(c2[nH]c(=O)c(Sc3cccc(Cl)c3Cl)nc2CO)CC1. The van der Waals surface area contributed by atoms with Gasteiger partial charge in [0, 0.05) is 23.5 Å². The molecule has 3 rings (SSSR count). The van der Waals surface area contributed by atoms with Crippen molar-refractivity contribution in [3.8, 4) is 0 Å². The van der Waals surface area contributed by atoms with Crippen LogP contribution in [0.15, 0.2) is 32.9 Å². The number of nitrogens with zero attached hydrogens (tertiary/aromatic N) is 2. The fourth-order valence-electron chi connectivity index (χ4n) is 2.81. The Morgan fingerprint density at radius 1 is 1.38 bits per heavy atom. The fourth-order valence-corrected chi connectivity index (χ4v) is 4.13. The number of halogens is 2. The van der Waals surface area contributed by atoms with Crippen LogP contribution in [-0.4, -0.2) is 33.7 Å². The van der Waals surface area contributed by atoms with Crippen LogP contribution in [0.2, 0.25) is 10.0 Å². The normalized spacial score (nSPS) is 16.7. The number of aliphatic hydroxyl groups is 1. The molecule has 0 aliphatic carbocycles. The Labute approximate surface area is 165 Å². The van der Waals surface area contributed by atoms with E-state index in [2.05, 4.69) is 9.97 Å². The van der Waals surface area contributed by atoms with Crippen LogP contribution in [0.1, 0.15) is 25.5 Å². The van der Waals surface area contributed by atoms with Crippen LogP contribution >= 0.6 is 35.0 Å². The maximum absolute atomic E-state index is 12.5. The van der Waals surface area contributed by atoms with Crippen molar-refractivity contribution in [1.29, 1.82) is 0 Å². The lowest BCUT2D eigenvalue weighted by molar-refractivity contribution is 0.274. The number of H-pyrrole nitrogens is 1. The second kappa shape index (κ2) is 7.78. The highest BCUT2D eigenvalue weighted by molar-refractivity contribution is 7.99. The molecule has 1 fully saturated rings. The number of nitrogens with two attached hydrogens (primary N) is 1. The van der Waals surface area contributed by atoms with E-state index in [1.165, 1.54) is 0 Å². The number of piperidine rings is 1. The van der Waals surface area contributed by atoms with E-state index in [1.54, 1.807) is 18.2 Å². The molecule has 6 nitrogen and oxygen atoms in total. The Morgan fingerprint density at radius 3 is 2.73 bits per heavy atom. The second-order valence-electron chi connectivity index (χ2n) is 6.62. The lowest BCUT2D eigenvalue weighted by Gasteiger charge is -2.38. The summed E-state index contributed by atoms with van der Waals surface area (Å²) in [6.45, 7) is 3.14. The molecule has 4 N–H and O–H groups in total. The average Bonchev–Trinajstić information content (AvgIpc) is 2.60. The predicted octanol–water partition coefficient (Wildman–Crippen LogP) is 3.04. The summed E-state index contributed by atoms with van der Waals surface area (Å²) < 4.78 is 0.